The maximum absolute atomic E-state index is 11.4. The molecule has 7 heteroatoms. The van der Waals surface area contributed by atoms with Crippen LogP contribution in [0.5, 0.6) is 0 Å². The first-order valence-corrected chi connectivity index (χ1v) is 6.73. The molecular weight excluding hydrogens is 268 g/mol. The maximum atomic E-state index is 11.4. The monoisotopic (exact) mass is 284 g/mol. The summed E-state index contributed by atoms with van der Waals surface area (Å²) in [6.07, 6.45) is 1.92. The predicted octanol–water partition coefficient (Wildman–Crippen LogP) is 0.388. The molecule has 0 aliphatic heterocycles. The summed E-state index contributed by atoms with van der Waals surface area (Å²) < 4.78 is 0. The van der Waals surface area contributed by atoms with Crippen molar-refractivity contribution in [3.63, 3.8) is 0 Å². The molecule has 0 fully saturated rings. The summed E-state index contributed by atoms with van der Waals surface area (Å²) in [5.74, 6) is -1.83. The van der Waals surface area contributed by atoms with Crippen LogP contribution in [0.2, 0.25) is 0 Å². The summed E-state index contributed by atoms with van der Waals surface area (Å²) in [5, 5.41) is 14.9. The van der Waals surface area contributed by atoms with Gasteiger partial charge in [0, 0.05) is 11.3 Å². The van der Waals surface area contributed by atoms with Crippen molar-refractivity contribution in [2.45, 2.75) is 19.3 Å². The van der Waals surface area contributed by atoms with Crippen LogP contribution in [0.4, 0.5) is 0 Å². The Balaban J connectivity index is 2.07. The molecule has 0 saturated carbocycles. The first kappa shape index (κ1) is 15.2. The third kappa shape index (κ3) is 7.20. The standard InChI is InChI=1S/C12H16N2O4S/c15-10(5-1-3-9-4-2-6-19-9)13-7-11(16)14-8-12(17)18/h2,4,6H,1,3,5,7-8H2,(H,13,15)(H,14,16)(H,17,18). The second-order valence-corrected chi connectivity index (χ2v) is 4.91. The van der Waals surface area contributed by atoms with Crippen molar-refractivity contribution in [2.75, 3.05) is 13.1 Å². The summed E-state index contributed by atoms with van der Waals surface area (Å²) in [6.45, 7) is -0.627. The van der Waals surface area contributed by atoms with Crippen LogP contribution in [0.3, 0.4) is 0 Å². The number of aliphatic carboxylic acids is 1. The van der Waals surface area contributed by atoms with E-state index in [9.17, 15) is 14.4 Å². The van der Waals surface area contributed by atoms with Gasteiger partial charge in [-0.05, 0) is 24.3 Å². The molecule has 104 valence electrons. The number of hydrogen-bond donors (Lipinski definition) is 3. The van der Waals surface area contributed by atoms with Crippen molar-refractivity contribution >= 4 is 29.1 Å². The highest BCUT2D eigenvalue weighted by atomic mass is 32.1. The van der Waals surface area contributed by atoms with Gasteiger partial charge in [0.15, 0.2) is 0 Å². The summed E-state index contributed by atoms with van der Waals surface area (Å²) >= 11 is 1.65. The molecule has 1 rings (SSSR count). The number of carboxylic acid groups (broad SMARTS) is 1. The molecule has 0 spiro atoms. The quantitative estimate of drug-likeness (QED) is 0.643. The van der Waals surface area contributed by atoms with Crippen LogP contribution in [-0.2, 0) is 20.8 Å². The van der Waals surface area contributed by atoms with E-state index in [1.54, 1.807) is 11.3 Å². The van der Waals surface area contributed by atoms with Crippen LogP contribution < -0.4 is 10.6 Å². The molecular formula is C12H16N2O4S. The normalized spacial score (nSPS) is 9.89. The summed E-state index contributed by atoms with van der Waals surface area (Å²) in [6, 6.07) is 3.98. The van der Waals surface area contributed by atoms with Crippen LogP contribution in [0, 0.1) is 0 Å². The Labute approximate surface area is 114 Å². The van der Waals surface area contributed by atoms with Crippen LogP contribution in [-0.4, -0.2) is 36.0 Å². The third-order valence-electron chi connectivity index (χ3n) is 2.29. The molecule has 3 N–H and O–H groups in total. The van der Waals surface area contributed by atoms with Crippen molar-refractivity contribution in [1.82, 2.24) is 10.6 Å². The van der Waals surface area contributed by atoms with Gasteiger partial charge >= 0.3 is 5.97 Å². The molecule has 0 aromatic carbocycles. The highest BCUT2D eigenvalue weighted by Gasteiger charge is 2.06. The highest BCUT2D eigenvalue weighted by molar-refractivity contribution is 7.09. The fourth-order valence-electron chi connectivity index (χ4n) is 1.38. The first-order chi connectivity index (χ1) is 9.08. The number of carbonyl (C=O) groups excluding carboxylic acids is 2. The Bertz CT molecular complexity index is 431. The van der Waals surface area contributed by atoms with E-state index in [2.05, 4.69) is 10.6 Å². The van der Waals surface area contributed by atoms with Gasteiger partial charge in [0.25, 0.3) is 0 Å². The van der Waals surface area contributed by atoms with Gasteiger partial charge in [0.1, 0.15) is 6.54 Å². The Morgan fingerprint density at radius 2 is 1.89 bits per heavy atom. The van der Waals surface area contributed by atoms with Crippen LogP contribution in [0.15, 0.2) is 17.5 Å². The zero-order valence-corrected chi connectivity index (χ0v) is 11.2. The fourth-order valence-corrected chi connectivity index (χ4v) is 2.13. The Morgan fingerprint density at radius 3 is 2.53 bits per heavy atom. The Kier molecular flexibility index (Phi) is 6.59. The van der Waals surface area contributed by atoms with E-state index in [1.807, 2.05) is 17.5 Å². The second-order valence-electron chi connectivity index (χ2n) is 3.88. The van der Waals surface area contributed by atoms with Crippen LogP contribution in [0.1, 0.15) is 17.7 Å². The maximum Gasteiger partial charge on any atom is 0.322 e. The average Bonchev–Trinajstić information content (AvgIpc) is 2.87. The second kappa shape index (κ2) is 8.25. The lowest BCUT2D eigenvalue weighted by molar-refractivity contribution is -0.137. The van der Waals surface area contributed by atoms with E-state index < -0.39 is 18.4 Å². The molecule has 2 amide bonds. The van der Waals surface area contributed by atoms with E-state index in [1.165, 1.54) is 4.88 Å². The molecule has 1 aromatic rings. The lowest BCUT2D eigenvalue weighted by Gasteiger charge is -2.05. The summed E-state index contributed by atoms with van der Waals surface area (Å²) in [4.78, 5) is 34.0. The van der Waals surface area contributed by atoms with Gasteiger partial charge in [-0.2, -0.15) is 0 Å². The van der Waals surface area contributed by atoms with Gasteiger partial charge in [-0.25, -0.2) is 0 Å². The molecule has 0 aliphatic rings. The molecule has 0 saturated heterocycles. The van der Waals surface area contributed by atoms with Gasteiger partial charge in [-0.1, -0.05) is 6.07 Å². The van der Waals surface area contributed by atoms with Crippen molar-refractivity contribution in [3.05, 3.63) is 22.4 Å². The number of thiophene rings is 1. The van der Waals surface area contributed by atoms with E-state index in [4.69, 9.17) is 5.11 Å². The molecule has 1 aromatic heterocycles. The SMILES string of the molecule is O=C(O)CNC(=O)CNC(=O)CCCc1cccs1. The van der Waals surface area contributed by atoms with Gasteiger partial charge in [0.05, 0.1) is 6.54 Å². The van der Waals surface area contributed by atoms with Crippen LogP contribution in [0.25, 0.3) is 0 Å². The molecule has 0 aliphatic carbocycles. The smallest absolute Gasteiger partial charge is 0.322 e. The number of amides is 2. The Hall–Kier alpha value is -1.89. The van der Waals surface area contributed by atoms with Gasteiger partial charge in [0.2, 0.25) is 11.8 Å². The Morgan fingerprint density at radius 1 is 1.16 bits per heavy atom. The van der Waals surface area contributed by atoms with Crippen molar-refractivity contribution < 1.29 is 19.5 Å². The number of nitrogens with one attached hydrogen (secondary N) is 2. The molecule has 0 radical (unpaired) electrons. The molecule has 0 unspecified atom stereocenters. The van der Waals surface area contributed by atoms with Gasteiger partial charge in [-0.15, -0.1) is 11.3 Å². The van der Waals surface area contributed by atoms with E-state index in [0.29, 0.717) is 6.42 Å². The number of rotatable bonds is 8. The number of hydrogen-bond acceptors (Lipinski definition) is 4. The minimum Gasteiger partial charge on any atom is -0.480 e. The summed E-state index contributed by atoms with van der Waals surface area (Å²) in [7, 11) is 0. The molecule has 0 atom stereocenters. The number of carboxylic acids is 1. The fraction of sp³-hybridized carbons (Fsp3) is 0.417. The van der Waals surface area contributed by atoms with E-state index >= 15 is 0 Å². The van der Waals surface area contributed by atoms with Gasteiger partial charge in [-0.3, -0.25) is 14.4 Å². The van der Waals surface area contributed by atoms with E-state index in [-0.39, 0.29) is 12.5 Å². The zero-order valence-electron chi connectivity index (χ0n) is 10.3. The minimum absolute atomic E-state index is 0.189. The summed E-state index contributed by atoms with van der Waals surface area (Å²) in [5.41, 5.74) is 0. The third-order valence-corrected chi connectivity index (χ3v) is 3.23. The average molecular weight is 284 g/mol. The topological polar surface area (TPSA) is 95.5 Å². The lowest BCUT2D eigenvalue weighted by Crippen LogP contribution is -2.38. The van der Waals surface area contributed by atoms with Crippen molar-refractivity contribution in [2.24, 2.45) is 0 Å². The molecule has 0 bridgehead atoms. The number of carbonyl (C=O) groups is 3. The minimum atomic E-state index is -1.12. The van der Waals surface area contributed by atoms with E-state index in [0.717, 1.165) is 12.8 Å². The number of aryl methyl sites for hydroxylation is 1. The molecule has 19 heavy (non-hydrogen) atoms. The predicted molar refractivity (Wildman–Crippen MR) is 70.9 cm³/mol. The lowest BCUT2D eigenvalue weighted by atomic mass is 10.2. The molecule has 6 nitrogen and oxygen atoms in total. The zero-order chi connectivity index (χ0) is 14.1. The van der Waals surface area contributed by atoms with Gasteiger partial charge < -0.3 is 15.7 Å². The van der Waals surface area contributed by atoms with Crippen LogP contribution >= 0.6 is 11.3 Å². The van der Waals surface area contributed by atoms with Crippen molar-refractivity contribution in [1.29, 1.82) is 0 Å². The largest absolute Gasteiger partial charge is 0.480 e. The van der Waals surface area contributed by atoms with Crippen molar-refractivity contribution in [3.8, 4) is 0 Å². The first-order valence-electron chi connectivity index (χ1n) is 5.85. The highest BCUT2D eigenvalue weighted by Crippen LogP contribution is 2.11. The molecule has 1 heterocycles.